The van der Waals surface area contributed by atoms with Gasteiger partial charge in [-0.25, -0.2) is 10.2 Å². The van der Waals surface area contributed by atoms with Gasteiger partial charge >= 0.3 is 5.97 Å². The number of ether oxygens (including phenoxy) is 3. The number of methoxy groups -OCH3 is 2. The molecule has 0 bridgehead atoms. The highest BCUT2D eigenvalue weighted by atomic mass is 79.9. The molecule has 1 aromatic heterocycles. The second-order valence-corrected chi connectivity index (χ2v) is 11.1. The first kappa shape index (κ1) is 29.4. The van der Waals surface area contributed by atoms with Gasteiger partial charge in [-0.1, -0.05) is 70.0 Å². The second-order valence-electron chi connectivity index (χ2n) is 8.86. The van der Waals surface area contributed by atoms with Gasteiger partial charge in [-0.05, 0) is 57.9 Å². The van der Waals surface area contributed by atoms with Gasteiger partial charge in [0.25, 0.3) is 5.91 Å². The molecule has 0 aliphatic carbocycles. The second kappa shape index (κ2) is 12.8. The van der Waals surface area contributed by atoms with E-state index in [9.17, 15) is 9.59 Å². The summed E-state index contributed by atoms with van der Waals surface area (Å²) in [6, 6.07) is 23.3. The number of para-hydroxylation sites is 1. The predicted molar refractivity (Wildman–Crippen MR) is 170 cm³/mol. The number of hydrazone groups is 1. The summed E-state index contributed by atoms with van der Waals surface area (Å²) in [5.41, 5.74) is 5.72. The normalized spacial score (nSPS) is 11.1. The lowest BCUT2D eigenvalue weighted by atomic mass is 10.0. The SMILES string of the molecule is COc1ccc(Cl)cc1C(=O)Oc1c(Br)cc(Br)cc1C=NNC(=O)c1[nH]c2c(OC)cccc2c1-c1ccccc1. The zero-order chi connectivity index (χ0) is 29.8. The van der Waals surface area contributed by atoms with Crippen LogP contribution >= 0.6 is 43.5 Å². The van der Waals surface area contributed by atoms with Crippen molar-refractivity contribution in [2.45, 2.75) is 0 Å². The molecule has 5 aromatic rings. The minimum Gasteiger partial charge on any atom is -0.496 e. The van der Waals surface area contributed by atoms with Crippen molar-refractivity contribution >= 4 is 72.5 Å². The van der Waals surface area contributed by atoms with E-state index >= 15 is 0 Å². The maximum absolute atomic E-state index is 13.5. The summed E-state index contributed by atoms with van der Waals surface area (Å²) in [5.74, 6) is -0.0583. The Hall–Kier alpha value is -4.12. The Morgan fingerprint density at radius 3 is 2.43 bits per heavy atom. The van der Waals surface area contributed by atoms with Gasteiger partial charge in [-0.3, -0.25) is 4.79 Å². The number of aromatic amines is 1. The van der Waals surface area contributed by atoms with Gasteiger partial charge < -0.3 is 19.2 Å². The minimum atomic E-state index is -0.685. The zero-order valence-corrected chi connectivity index (χ0v) is 26.1. The van der Waals surface area contributed by atoms with Crippen LogP contribution in [0.2, 0.25) is 5.02 Å². The van der Waals surface area contributed by atoms with Crippen molar-refractivity contribution in [3.05, 3.63) is 110 Å². The Bertz CT molecular complexity index is 1840. The van der Waals surface area contributed by atoms with Crippen molar-refractivity contribution in [3.63, 3.8) is 0 Å². The molecule has 0 aliphatic heterocycles. The van der Waals surface area contributed by atoms with Crippen LogP contribution in [0.25, 0.3) is 22.0 Å². The summed E-state index contributed by atoms with van der Waals surface area (Å²) < 4.78 is 17.7. The van der Waals surface area contributed by atoms with Gasteiger partial charge in [0, 0.05) is 26.0 Å². The number of hydrogen-bond acceptors (Lipinski definition) is 6. The molecule has 11 heteroatoms. The Labute approximate surface area is 262 Å². The molecule has 0 fully saturated rings. The van der Waals surface area contributed by atoms with E-state index in [4.69, 9.17) is 25.8 Å². The van der Waals surface area contributed by atoms with E-state index in [1.807, 2.05) is 48.5 Å². The van der Waals surface area contributed by atoms with E-state index in [1.165, 1.54) is 19.4 Å². The first-order valence-electron chi connectivity index (χ1n) is 12.4. The van der Waals surface area contributed by atoms with E-state index in [2.05, 4.69) is 47.4 Å². The third-order valence-electron chi connectivity index (χ3n) is 6.29. The molecule has 1 amide bonds. The smallest absolute Gasteiger partial charge is 0.347 e. The third-order valence-corrected chi connectivity index (χ3v) is 7.57. The number of halogens is 3. The first-order chi connectivity index (χ1) is 20.3. The number of H-pyrrole nitrogens is 1. The first-order valence-corrected chi connectivity index (χ1v) is 14.4. The van der Waals surface area contributed by atoms with Gasteiger partial charge in [0.1, 0.15) is 22.8 Å². The number of carbonyl (C=O) groups excluding carboxylic acids is 2. The van der Waals surface area contributed by atoms with Crippen LogP contribution in [0, 0.1) is 0 Å². The van der Waals surface area contributed by atoms with Crippen LogP contribution in [0.4, 0.5) is 0 Å². The van der Waals surface area contributed by atoms with Crippen LogP contribution in [-0.2, 0) is 0 Å². The largest absolute Gasteiger partial charge is 0.496 e. The maximum Gasteiger partial charge on any atom is 0.347 e. The molecular formula is C31H22Br2ClN3O5. The average Bonchev–Trinajstić information content (AvgIpc) is 3.39. The number of fused-ring (bicyclic) bond motifs is 1. The van der Waals surface area contributed by atoms with Gasteiger partial charge in [0.05, 0.1) is 30.4 Å². The number of rotatable bonds is 8. The zero-order valence-electron chi connectivity index (χ0n) is 22.2. The molecule has 0 atom stereocenters. The fraction of sp³-hybridized carbons (Fsp3) is 0.0645. The van der Waals surface area contributed by atoms with E-state index in [-0.39, 0.29) is 11.3 Å². The summed E-state index contributed by atoms with van der Waals surface area (Å²) in [6.07, 6.45) is 1.39. The molecule has 1 heterocycles. The number of esters is 1. The Balaban J connectivity index is 1.46. The summed E-state index contributed by atoms with van der Waals surface area (Å²) in [4.78, 5) is 29.7. The maximum atomic E-state index is 13.5. The summed E-state index contributed by atoms with van der Waals surface area (Å²) >= 11 is 13.0. The number of aromatic nitrogens is 1. The number of hydrogen-bond donors (Lipinski definition) is 2. The molecular weight excluding hydrogens is 690 g/mol. The number of nitrogens with one attached hydrogen (secondary N) is 2. The Morgan fingerprint density at radius 1 is 0.929 bits per heavy atom. The number of nitrogens with zero attached hydrogens (tertiary/aromatic N) is 1. The highest BCUT2D eigenvalue weighted by Crippen LogP contribution is 2.37. The molecule has 42 heavy (non-hydrogen) atoms. The van der Waals surface area contributed by atoms with Gasteiger partial charge in [-0.15, -0.1) is 0 Å². The molecule has 0 saturated heterocycles. The highest BCUT2D eigenvalue weighted by Gasteiger charge is 2.22. The lowest BCUT2D eigenvalue weighted by Gasteiger charge is -2.12. The van der Waals surface area contributed by atoms with Crippen LogP contribution in [0.15, 0.2) is 92.9 Å². The van der Waals surface area contributed by atoms with Gasteiger partial charge in [0.2, 0.25) is 0 Å². The quantitative estimate of drug-likeness (QED) is 0.0735. The molecule has 2 N–H and O–H groups in total. The Morgan fingerprint density at radius 2 is 1.69 bits per heavy atom. The standard InChI is InChI=1S/C31H22Br2ClN3O5/c1-40-24-12-11-20(34)15-22(24)31(39)42-29-18(13-19(32)14-23(29)33)16-35-37-30(38)28-26(17-7-4-3-5-8-17)21-9-6-10-25(41-2)27(21)36-28/h3-16,36H,1-2H3,(H,37,38). The van der Waals surface area contributed by atoms with Crippen LogP contribution in [0.5, 0.6) is 17.2 Å². The Kier molecular flexibility index (Phi) is 8.96. The number of benzene rings is 4. The molecule has 8 nitrogen and oxygen atoms in total. The van der Waals surface area contributed by atoms with Crippen LogP contribution in [-0.4, -0.2) is 37.3 Å². The van der Waals surface area contributed by atoms with Crippen molar-refractivity contribution in [2.24, 2.45) is 5.10 Å². The topological polar surface area (TPSA) is 102 Å². The van der Waals surface area contributed by atoms with E-state index in [0.29, 0.717) is 47.8 Å². The van der Waals surface area contributed by atoms with Crippen molar-refractivity contribution in [2.75, 3.05) is 14.2 Å². The summed E-state index contributed by atoms with van der Waals surface area (Å²) in [5, 5.41) is 5.36. The molecule has 4 aromatic carbocycles. The fourth-order valence-electron chi connectivity index (χ4n) is 4.42. The third kappa shape index (κ3) is 6.06. The van der Waals surface area contributed by atoms with Crippen molar-refractivity contribution in [3.8, 4) is 28.4 Å². The van der Waals surface area contributed by atoms with Crippen LogP contribution in [0.3, 0.4) is 0 Å². The fourth-order valence-corrected chi connectivity index (χ4v) is 5.93. The molecule has 212 valence electrons. The van der Waals surface area contributed by atoms with Gasteiger partial charge in [-0.2, -0.15) is 5.10 Å². The predicted octanol–water partition coefficient (Wildman–Crippen LogP) is 8.01. The van der Waals surface area contributed by atoms with Crippen LogP contribution < -0.4 is 19.6 Å². The average molecular weight is 712 g/mol. The summed E-state index contributed by atoms with van der Waals surface area (Å²) in [7, 11) is 3.02. The number of carbonyl (C=O) groups is 2. The van der Waals surface area contributed by atoms with E-state index < -0.39 is 11.9 Å². The van der Waals surface area contributed by atoms with E-state index in [0.717, 1.165) is 10.9 Å². The lowest BCUT2D eigenvalue weighted by Crippen LogP contribution is -2.19. The van der Waals surface area contributed by atoms with Crippen molar-refractivity contribution < 1.29 is 23.8 Å². The molecule has 0 aliphatic rings. The molecule has 0 unspecified atom stereocenters. The molecule has 0 radical (unpaired) electrons. The van der Waals surface area contributed by atoms with E-state index in [1.54, 1.807) is 31.4 Å². The number of amides is 1. The minimum absolute atomic E-state index is 0.152. The highest BCUT2D eigenvalue weighted by molar-refractivity contribution is 9.11. The van der Waals surface area contributed by atoms with Crippen molar-refractivity contribution in [1.82, 2.24) is 10.4 Å². The molecule has 0 spiro atoms. The lowest BCUT2D eigenvalue weighted by molar-refractivity contribution is 0.0729. The monoisotopic (exact) mass is 709 g/mol. The molecule has 5 rings (SSSR count). The summed E-state index contributed by atoms with van der Waals surface area (Å²) in [6.45, 7) is 0. The van der Waals surface area contributed by atoms with Gasteiger partial charge in [0.15, 0.2) is 5.75 Å². The van der Waals surface area contributed by atoms with Crippen molar-refractivity contribution in [1.29, 1.82) is 0 Å². The molecule has 0 saturated carbocycles. The van der Waals surface area contributed by atoms with Crippen LogP contribution in [0.1, 0.15) is 26.4 Å².